The molecule has 0 bridgehead atoms. The molecule has 3 rings (SSSR count). The molecule has 18 heteroatoms. The molecule has 2 saturated heterocycles. The van der Waals surface area contributed by atoms with Gasteiger partial charge < -0.3 is 81.5 Å². The highest BCUT2D eigenvalue weighted by Crippen LogP contribution is 2.32. The first-order valence-corrected chi connectivity index (χ1v) is 15.5. The second-order valence-electron chi connectivity index (χ2n) is 13.0. The number of nitrogens with two attached hydrogens (primary N) is 2. The quantitative estimate of drug-likeness (QED) is 0.0722. The SMILES string of the molecule is C#CCCCC(=O)NCC1OC(OC2C(NC(=O)OC(C)(C)C)CC(N)C(OC3OC(CO)C(O)C(N)C3O)C2O)C(O)C(O)C1O. The number of carbonyl (C=O) groups is 2. The van der Waals surface area contributed by atoms with Crippen molar-refractivity contribution in [2.45, 2.75) is 144 Å². The largest absolute Gasteiger partial charge is 0.444 e. The molecular formula is C29H50N4O14. The molecule has 15 unspecified atom stereocenters. The molecule has 2 aliphatic heterocycles. The smallest absolute Gasteiger partial charge is 0.407 e. The molecule has 0 aromatic heterocycles. The van der Waals surface area contributed by atoms with Gasteiger partial charge in [0, 0.05) is 25.4 Å². The summed E-state index contributed by atoms with van der Waals surface area (Å²) in [6, 6.07) is -3.43. The molecule has 0 spiro atoms. The molecule has 1 aliphatic carbocycles. The average molecular weight is 679 g/mol. The molecule has 2 amide bonds. The van der Waals surface area contributed by atoms with Crippen molar-refractivity contribution < 1.29 is 69.0 Å². The molecule has 3 fully saturated rings. The van der Waals surface area contributed by atoms with E-state index in [1.54, 1.807) is 20.8 Å². The number of rotatable bonds is 11. The Morgan fingerprint density at radius 3 is 2.13 bits per heavy atom. The van der Waals surface area contributed by atoms with Crippen LogP contribution in [0.1, 0.15) is 46.5 Å². The highest BCUT2D eigenvalue weighted by Gasteiger charge is 2.52. The number of aliphatic hydroxyl groups excluding tert-OH is 7. The Morgan fingerprint density at radius 1 is 0.894 bits per heavy atom. The number of alkyl carbamates (subject to hydrolysis) is 1. The average Bonchev–Trinajstić information content (AvgIpc) is 2.99. The molecule has 18 nitrogen and oxygen atoms in total. The zero-order valence-corrected chi connectivity index (χ0v) is 26.6. The molecule has 47 heavy (non-hydrogen) atoms. The van der Waals surface area contributed by atoms with Gasteiger partial charge in [-0.05, 0) is 33.6 Å². The number of carbonyl (C=O) groups excluding carboxylic acids is 2. The van der Waals surface area contributed by atoms with Crippen LogP contribution in [-0.2, 0) is 28.5 Å². The van der Waals surface area contributed by atoms with Crippen LogP contribution in [0, 0.1) is 12.3 Å². The van der Waals surface area contributed by atoms with E-state index in [0.29, 0.717) is 12.8 Å². The lowest BCUT2D eigenvalue weighted by Crippen LogP contribution is -2.69. The third-order valence-electron chi connectivity index (χ3n) is 8.13. The van der Waals surface area contributed by atoms with Crippen molar-refractivity contribution in [1.29, 1.82) is 0 Å². The van der Waals surface area contributed by atoms with Gasteiger partial charge in [-0.1, -0.05) is 0 Å². The second kappa shape index (κ2) is 16.9. The monoisotopic (exact) mass is 678 g/mol. The number of nitrogens with one attached hydrogen (secondary N) is 2. The number of hydrogen-bond donors (Lipinski definition) is 11. The van der Waals surface area contributed by atoms with Gasteiger partial charge in [0.2, 0.25) is 5.91 Å². The highest BCUT2D eigenvalue weighted by molar-refractivity contribution is 5.75. The van der Waals surface area contributed by atoms with Crippen LogP contribution in [-0.4, -0.2) is 158 Å². The molecule has 13 N–H and O–H groups in total. The molecule has 0 aromatic rings. The third-order valence-corrected chi connectivity index (χ3v) is 8.13. The summed E-state index contributed by atoms with van der Waals surface area (Å²) in [6.45, 7) is 3.96. The Kier molecular flexibility index (Phi) is 14.1. The van der Waals surface area contributed by atoms with Crippen molar-refractivity contribution in [1.82, 2.24) is 10.6 Å². The Hall–Kier alpha value is -2.22. The highest BCUT2D eigenvalue weighted by atomic mass is 16.7. The van der Waals surface area contributed by atoms with Gasteiger partial charge in [-0.2, -0.15) is 0 Å². The maximum Gasteiger partial charge on any atom is 0.407 e. The lowest BCUT2D eigenvalue weighted by molar-refractivity contribution is -0.333. The van der Waals surface area contributed by atoms with Crippen LogP contribution in [0.3, 0.4) is 0 Å². The van der Waals surface area contributed by atoms with Crippen molar-refractivity contribution >= 4 is 12.0 Å². The van der Waals surface area contributed by atoms with Crippen LogP contribution < -0.4 is 22.1 Å². The first-order chi connectivity index (χ1) is 22.0. The normalized spacial score (nSPS) is 41.0. The predicted molar refractivity (Wildman–Crippen MR) is 160 cm³/mol. The van der Waals surface area contributed by atoms with Crippen LogP contribution in [0.2, 0.25) is 0 Å². The van der Waals surface area contributed by atoms with Gasteiger partial charge in [-0.25, -0.2) is 4.79 Å². The van der Waals surface area contributed by atoms with E-state index in [1.807, 2.05) is 0 Å². The summed E-state index contributed by atoms with van der Waals surface area (Å²) >= 11 is 0. The summed E-state index contributed by atoms with van der Waals surface area (Å²) in [5, 5.41) is 79.0. The molecule has 270 valence electrons. The Labute approximate surface area is 272 Å². The lowest BCUT2D eigenvalue weighted by Gasteiger charge is -2.48. The fourth-order valence-electron chi connectivity index (χ4n) is 5.59. The summed E-state index contributed by atoms with van der Waals surface area (Å²) in [5.41, 5.74) is 11.3. The van der Waals surface area contributed by atoms with E-state index in [1.165, 1.54) is 0 Å². The number of terminal acetylenes is 1. The van der Waals surface area contributed by atoms with Crippen LogP contribution >= 0.6 is 0 Å². The van der Waals surface area contributed by atoms with Gasteiger partial charge in [0.05, 0.1) is 18.7 Å². The van der Waals surface area contributed by atoms with E-state index in [0.717, 1.165) is 0 Å². The second-order valence-corrected chi connectivity index (χ2v) is 13.0. The van der Waals surface area contributed by atoms with Gasteiger partial charge in [-0.3, -0.25) is 4.79 Å². The van der Waals surface area contributed by atoms with Gasteiger partial charge in [0.1, 0.15) is 66.6 Å². The molecule has 0 radical (unpaired) electrons. The maximum absolute atomic E-state index is 12.7. The molecular weight excluding hydrogens is 628 g/mol. The molecule has 0 aromatic carbocycles. The van der Waals surface area contributed by atoms with Gasteiger partial charge in [-0.15, -0.1) is 12.3 Å². The number of hydrogen-bond acceptors (Lipinski definition) is 16. The number of aliphatic hydroxyl groups is 7. The standard InChI is InChI=1S/C29H50N4O14/c1-5-6-7-8-16(35)32-10-14-19(37)21(39)22(40)27(43-14)46-25-13(33-28(42)47-29(2,3)4)9-12(30)24(23(25)41)45-26-20(38)17(31)18(36)15(11-34)44-26/h1,12-15,17-27,34,36-41H,6-11,30-31H2,2-4H3,(H,32,35)(H,33,42). The van der Waals surface area contributed by atoms with Crippen LogP contribution in [0.25, 0.3) is 0 Å². The predicted octanol–water partition coefficient (Wildman–Crippen LogP) is -4.76. The van der Waals surface area contributed by atoms with E-state index >= 15 is 0 Å². The number of unbranched alkanes of at least 4 members (excludes halogenated alkanes) is 1. The van der Waals surface area contributed by atoms with Crippen molar-refractivity contribution in [3.05, 3.63) is 0 Å². The van der Waals surface area contributed by atoms with E-state index in [4.69, 9.17) is 41.6 Å². The van der Waals surface area contributed by atoms with Gasteiger partial charge in [0.15, 0.2) is 12.6 Å². The zero-order valence-electron chi connectivity index (χ0n) is 26.6. The number of amides is 2. The fourth-order valence-corrected chi connectivity index (χ4v) is 5.59. The van der Waals surface area contributed by atoms with Crippen molar-refractivity contribution in [2.75, 3.05) is 13.2 Å². The van der Waals surface area contributed by atoms with Crippen LogP contribution in [0.15, 0.2) is 0 Å². The lowest BCUT2D eigenvalue weighted by atomic mass is 9.83. The molecule has 15 atom stereocenters. The third kappa shape index (κ3) is 10.1. The minimum atomic E-state index is -1.86. The topological polar surface area (TPSA) is 298 Å². The summed E-state index contributed by atoms with van der Waals surface area (Å²) in [7, 11) is 0. The van der Waals surface area contributed by atoms with E-state index in [-0.39, 0.29) is 19.4 Å². The first-order valence-electron chi connectivity index (χ1n) is 15.5. The summed E-state index contributed by atoms with van der Waals surface area (Å²) in [6.07, 6.45) is -13.6. The van der Waals surface area contributed by atoms with Crippen molar-refractivity contribution in [3.8, 4) is 12.3 Å². The zero-order chi connectivity index (χ0) is 35.2. The maximum atomic E-state index is 12.7. The fraction of sp³-hybridized carbons (Fsp3) is 0.862. The van der Waals surface area contributed by atoms with E-state index in [2.05, 4.69) is 16.6 Å². The molecule has 3 aliphatic rings. The summed E-state index contributed by atoms with van der Waals surface area (Å²) in [5.74, 6) is 2.03. The van der Waals surface area contributed by atoms with Crippen molar-refractivity contribution in [2.24, 2.45) is 11.5 Å². The summed E-state index contributed by atoms with van der Waals surface area (Å²) in [4.78, 5) is 24.9. The van der Waals surface area contributed by atoms with Gasteiger partial charge >= 0.3 is 6.09 Å². The minimum Gasteiger partial charge on any atom is -0.444 e. The Morgan fingerprint density at radius 2 is 1.51 bits per heavy atom. The summed E-state index contributed by atoms with van der Waals surface area (Å²) < 4.78 is 28.4. The Balaban J connectivity index is 1.82. The van der Waals surface area contributed by atoms with Crippen LogP contribution in [0.5, 0.6) is 0 Å². The van der Waals surface area contributed by atoms with E-state index < -0.39 is 116 Å². The van der Waals surface area contributed by atoms with Gasteiger partial charge in [0.25, 0.3) is 0 Å². The first kappa shape index (κ1) is 39.2. The Bertz CT molecular complexity index is 1070. The van der Waals surface area contributed by atoms with Crippen molar-refractivity contribution in [3.63, 3.8) is 0 Å². The minimum absolute atomic E-state index is 0.106. The molecule has 2 heterocycles. The number of ether oxygens (including phenoxy) is 5. The van der Waals surface area contributed by atoms with Crippen LogP contribution in [0.4, 0.5) is 4.79 Å². The molecule has 1 saturated carbocycles. The van der Waals surface area contributed by atoms with E-state index in [9.17, 15) is 45.3 Å².